The Balaban J connectivity index is 0.000000224. The van der Waals surface area contributed by atoms with Crippen LogP contribution in [0.15, 0.2) is 35.5 Å². The molecule has 22 heavy (non-hydrogen) atoms. The van der Waals surface area contributed by atoms with Crippen LogP contribution in [0.4, 0.5) is 0 Å². The van der Waals surface area contributed by atoms with E-state index < -0.39 is 20.8 Å². The Kier molecular flexibility index (Phi) is 6.39. The predicted molar refractivity (Wildman–Crippen MR) is 78.3 cm³/mol. The van der Waals surface area contributed by atoms with Crippen molar-refractivity contribution in [1.29, 1.82) is 0 Å². The van der Waals surface area contributed by atoms with Gasteiger partial charge in [-0.2, -0.15) is 0 Å². The Morgan fingerprint density at radius 2 is 2.00 bits per heavy atom. The van der Waals surface area contributed by atoms with Crippen LogP contribution in [0, 0.1) is 0 Å². The van der Waals surface area contributed by atoms with E-state index in [2.05, 4.69) is 23.5 Å². The highest BCUT2D eigenvalue weighted by molar-refractivity contribution is 7.85. The number of rotatable bonds is 4. The quantitative estimate of drug-likeness (QED) is 0.442. The smallest absolute Gasteiger partial charge is 0.253 e. The van der Waals surface area contributed by atoms with Gasteiger partial charge in [0.05, 0.1) is 11.9 Å². The lowest BCUT2D eigenvalue weighted by atomic mass is 10.2. The molecule has 8 heteroatoms. The summed E-state index contributed by atoms with van der Waals surface area (Å²) in [7, 11) is -2.65. The molecule has 0 saturated carbocycles. The average Bonchev–Trinajstić information content (AvgIpc) is 2.84. The fourth-order valence-electron chi connectivity index (χ4n) is 1.73. The first-order valence-electron chi connectivity index (χ1n) is 6.75. The Hall–Kier alpha value is -2.06. The normalized spacial score (nSPS) is 10.9. The fourth-order valence-corrected chi connectivity index (χ4v) is 2.32. The van der Waals surface area contributed by atoms with Crippen LogP contribution >= 0.6 is 0 Å². The lowest BCUT2D eigenvalue weighted by Crippen LogP contribution is -2.30. The van der Waals surface area contributed by atoms with Crippen LogP contribution in [0.1, 0.15) is 25.6 Å². The maximum Gasteiger partial charge on any atom is 0.253 e. The van der Waals surface area contributed by atoms with Crippen molar-refractivity contribution < 1.29 is 27.8 Å². The summed E-state index contributed by atoms with van der Waals surface area (Å²) in [5.74, 6) is 0.270. The molecule has 0 radical (unpaired) electrons. The first-order valence-corrected chi connectivity index (χ1v) is 8.16. The minimum absolute atomic E-state index is 0.387. The van der Waals surface area contributed by atoms with Crippen molar-refractivity contribution in [2.75, 3.05) is 0 Å². The van der Waals surface area contributed by atoms with E-state index in [-0.39, 0.29) is 5.75 Å². The zero-order valence-electron chi connectivity index (χ0n) is 12.5. The van der Waals surface area contributed by atoms with E-state index in [4.69, 9.17) is 10.2 Å². The van der Waals surface area contributed by atoms with Gasteiger partial charge in [0.25, 0.3) is 5.82 Å². The minimum atomic E-state index is -4.72. The summed E-state index contributed by atoms with van der Waals surface area (Å²) in [6.45, 7) is 2.21. The summed E-state index contributed by atoms with van der Waals surface area (Å²) in [5, 5.41) is 17.7. The number of benzene rings is 1. The summed E-state index contributed by atoms with van der Waals surface area (Å²) < 4.78 is 33.3. The number of nitrogens with one attached hydrogen (secondary N) is 1. The number of aryl methyl sites for hydroxylation is 2. The van der Waals surface area contributed by atoms with Gasteiger partial charge in [-0.15, -0.1) is 0 Å². The molecule has 122 valence electrons. The monoisotopic (exact) mass is 328 g/mol. The molecule has 3 N–H and O–H groups in total. The van der Waals surface area contributed by atoms with Crippen LogP contribution in [0.5, 0.6) is 11.5 Å². The second kappa shape index (κ2) is 7.81. The van der Waals surface area contributed by atoms with Crippen molar-refractivity contribution in [2.45, 2.75) is 31.1 Å². The van der Waals surface area contributed by atoms with Gasteiger partial charge in [-0.3, -0.25) is 0 Å². The maximum absolute atomic E-state index is 10.4. The van der Waals surface area contributed by atoms with Gasteiger partial charge in [0.2, 0.25) is 0 Å². The number of unbranched alkanes of at least 4 members (excludes halogenated alkanes) is 1. The maximum atomic E-state index is 10.4. The van der Waals surface area contributed by atoms with Crippen molar-refractivity contribution in [3.05, 3.63) is 36.4 Å². The summed E-state index contributed by atoms with van der Waals surface area (Å²) in [6, 6.07) is 2.70. The van der Waals surface area contributed by atoms with Gasteiger partial charge in [-0.05, 0) is 18.6 Å². The molecule has 0 aliphatic heterocycles. The molecule has 1 aromatic carbocycles. The molecular formula is C14H20N2O5S. The molecule has 1 aromatic heterocycles. The van der Waals surface area contributed by atoms with E-state index in [1.807, 2.05) is 12.4 Å². The molecule has 0 spiro atoms. The lowest BCUT2D eigenvalue weighted by Gasteiger charge is -2.08. The minimum Gasteiger partial charge on any atom is -0.744 e. The van der Waals surface area contributed by atoms with Crippen molar-refractivity contribution in [2.24, 2.45) is 7.05 Å². The number of H-pyrrole nitrogens is 1. The first kappa shape index (κ1) is 18.0. The van der Waals surface area contributed by atoms with Crippen LogP contribution in [0.3, 0.4) is 0 Å². The SMILES string of the molecule is CCCCc1[nH]cc[n+]1C.O=S(=O)([O-])c1cc(O)ccc1O. The number of hydrogen-bond donors (Lipinski definition) is 3. The van der Waals surface area contributed by atoms with Gasteiger partial charge in [-0.1, -0.05) is 13.3 Å². The van der Waals surface area contributed by atoms with Gasteiger partial charge < -0.3 is 14.8 Å². The van der Waals surface area contributed by atoms with E-state index in [1.165, 1.54) is 25.1 Å². The second-order valence-corrected chi connectivity index (χ2v) is 6.08. The highest BCUT2D eigenvalue weighted by Gasteiger charge is 2.08. The third-order valence-electron chi connectivity index (χ3n) is 2.95. The molecule has 7 nitrogen and oxygen atoms in total. The molecule has 0 unspecified atom stereocenters. The summed E-state index contributed by atoms with van der Waals surface area (Å²) >= 11 is 0. The highest BCUT2D eigenvalue weighted by Crippen LogP contribution is 2.25. The number of phenolic OH excluding ortho intramolecular Hbond substituents is 2. The number of imidazole rings is 1. The Labute approximate surface area is 129 Å². The molecule has 0 amide bonds. The molecular weight excluding hydrogens is 308 g/mol. The topological polar surface area (TPSA) is 117 Å². The molecule has 1 heterocycles. The number of nitrogens with zero attached hydrogens (tertiary/aromatic N) is 1. The van der Waals surface area contributed by atoms with Crippen LogP contribution < -0.4 is 4.57 Å². The average molecular weight is 328 g/mol. The van der Waals surface area contributed by atoms with Crippen LogP contribution in [-0.2, 0) is 23.6 Å². The molecule has 0 fully saturated rings. The highest BCUT2D eigenvalue weighted by atomic mass is 32.2. The van der Waals surface area contributed by atoms with Gasteiger partial charge in [-0.25, -0.2) is 18.0 Å². The molecule has 2 rings (SSSR count). The zero-order chi connectivity index (χ0) is 16.8. The molecule has 0 aliphatic rings. The predicted octanol–water partition coefficient (Wildman–Crippen LogP) is 1.18. The molecule has 2 aromatic rings. The molecule has 0 aliphatic carbocycles. The van der Waals surface area contributed by atoms with Crippen molar-refractivity contribution in [1.82, 2.24) is 4.98 Å². The summed E-state index contributed by atoms with van der Waals surface area (Å²) in [5.41, 5.74) is 0. The second-order valence-electron chi connectivity index (χ2n) is 4.73. The van der Waals surface area contributed by atoms with Crippen molar-refractivity contribution >= 4 is 10.1 Å². The van der Waals surface area contributed by atoms with Crippen LogP contribution in [0.2, 0.25) is 0 Å². The standard InChI is InChI=1S/C8H14N2.C6H6O5S/c1-3-4-5-8-9-6-7-10(8)2;7-4-1-2-5(8)6(3-4)12(9,10)11/h6-7H,3-5H2,1-2H3;1-3,7-8H,(H,9,10,11). The fraction of sp³-hybridized carbons (Fsp3) is 0.357. The molecule has 0 bridgehead atoms. The van der Waals surface area contributed by atoms with Gasteiger partial charge >= 0.3 is 0 Å². The number of aromatic nitrogens is 2. The Morgan fingerprint density at radius 3 is 2.45 bits per heavy atom. The summed E-state index contributed by atoms with van der Waals surface area (Å²) in [4.78, 5) is 2.39. The largest absolute Gasteiger partial charge is 0.744 e. The van der Waals surface area contributed by atoms with Crippen molar-refractivity contribution in [3.63, 3.8) is 0 Å². The van der Waals surface area contributed by atoms with E-state index >= 15 is 0 Å². The molecule has 0 atom stereocenters. The van der Waals surface area contributed by atoms with E-state index in [0.29, 0.717) is 6.07 Å². The van der Waals surface area contributed by atoms with Gasteiger partial charge in [0, 0.05) is 12.5 Å². The Bertz CT molecular complexity index is 710. The van der Waals surface area contributed by atoms with E-state index in [9.17, 15) is 13.0 Å². The third-order valence-corrected chi connectivity index (χ3v) is 3.82. The molecule has 0 saturated heterocycles. The first-order chi connectivity index (χ1) is 10.3. The van der Waals surface area contributed by atoms with Gasteiger partial charge in [0.15, 0.2) is 0 Å². The zero-order valence-corrected chi connectivity index (χ0v) is 13.3. The van der Waals surface area contributed by atoms with Gasteiger partial charge in [0.1, 0.15) is 34.0 Å². The third kappa shape index (κ3) is 5.38. The lowest BCUT2D eigenvalue weighted by molar-refractivity contribution is -0.677. The number of aromatic amines is 1. The van der Waals surface area contributed by atoms with Crippen LogP contribution in [-0.4, -0.2) is 28.2 Å². The number of aromatic hydroxyl groups is 2. The number of phenols is 2. The van der Waals surface area contributed by atoms with Crippen molar-refractivity contribution in [3.8, 4) is 11.5 Å². The van der Waals surface area contributed by atoms with E-state index in [1.54, 1.807) is 0 Å². The number of hydrogen-bond acceptors (Lipinski definition) is 5. The Morgan fingerprint density at radius 1 is 1.32 bits per heavy atom. The van der Waals surface area contributed by atoms with E-state index in [0.717, 1.165) is 12.1 Å². The summed E-state index contributed by atoms with van der Waals surface area (Å²) in [6.07, 6.45) is 7.73. The van der Waals surface area contributed by atoms with Crippen LogP contribution in [0.25, 0.3) is 0 Å².